The highest BCUT2D eigenvalue weighted by molar-refractivity contribution is 5.99. The van der Waals surface area contributed by atoms with Crippen molar-refractivity contribution in [1.82, 2.24) is 10.6 Å². The first-order chi connectivity index (χ1) is 11.9. The number of nitrogens with one attached hydrogen (secondary N) is 2. The largest absolute Gasteiger partial charge is 0.496 e. The minimum absolute atomic E-state index is 0. The molecule has 2 amide bonds. The average molecular weight is 386 g/mol. The maximum Gasteiger partial charge on any atom is 0.255 e. The summed E-state index contributed by atoms with van der Waals surface area (Å²) in [6.45, 7) is 6.28. The van der Waals surface area contributed by atoms with Crippen molar-refractivity contribution < 1.29 is 14.3 Å². The Hall–Kier alpha value is -1.79. The summed E-state index contributed by atoms with van der Waals surface area (Å²) in [4.78, 5) is 25.2. The number of ether oxygens (including phenoxy) is 1. The molecular weight excluding hydrogens is 354 g/mol. The van der Waals surface area contributed by atoms with E-state index in [0.29, 0.717) is 17.9 Å². The molecule has 4 N–H and O–H groups in total. The zero-order valence-electron chi connectivity index (χ0n) is 16.1. The number of para-hydroxylation sites is 1. The van der Waals surface area contributed by atoms with Gasteiger partial charge in [0, 0.05) is 12.6 Å². The highest BCUT2D eigenvalue weighted by atomic mass is 35.5. The quantitative estimate of drug-likeness (QED) is 0.576. The Morgan fingerprint density at radius 3 is 2.38 bits per heavy atom. The summed E-state index contributed by atoms with van der Waals surface area (Å²) in [5.74, 6) is -0.108. The fourth-order valence-corrected chi connectivity index (χ4v) is 2.58. The molecule has 0 bridgehead atoms. The molecule has 0 saturated heterocycles. The number of halogens is 1. The van der Waals surface area contributed by atoms with Crippen molar-refractivity contribution in [2.75, 3.05) is 13.7 Å². The van der Waals surface area contributed by atoms with Crippen LogP contribution in [0.2, 0.25) is 0 Å². The summed E-state index contributed by atoms with van der Waals surface area (Å²) >= 11 is 0. The molecule has 7 heteroatoms. The van der Waals surface area contributed by atoms with Gasteiger partial charge in [0.25, 0.3) is 5.91 Å². The van der Waals surface area contributed by atoms with E-state index in [1.165, 1.54) is 7.11 Å². The van der Waals surface area contributed by atoms with E-state index in [4.69, 9.17) is 10.5 Å². The Bertz CT molecular complexity index is 567. The minimum atomic E-state index is -0.631. The van der Waals surface area contributed by atoms with Crippen molar-refractivity contribution in [1.29, 1.82) is 0 Å². The normalized spacial score (nSPS) is 12.7. The molecule has 1 rings (SSSR count). The number of nitrogens with two attached hydrogens (primary N) is 1. The number of carbonyl (C=O) groups excluding carboxylic acids is 2. The molecule has 0 aromatic heterocycles. The standard InChI is InChI=1S/C19H31N3O3.ClH/c1-5-6-9-14(12-20)21-19(24)17(13(2)3)22-18(23)15-10-7-8-11-16(15)25-4;/h7-8,10-11,13-14,17H,5-6,9,12,20H2,1-4H3,(H,21,24)(H,22,23);1H. The molecule has 6 nitrogen and oxygen atoms in total. The number of hydrogen-bond donors (Lipinski definition) is 3. The maximum absolute atomic E-state index is 12.6. The van der Waals surface area contributed by atoms with Gasteiger partial charge in [-0.2, -0.15) is 0 Å². The number of rotatable bonds is 10. The number of carbonyl (C=O) groups is 2. The Balaban J connectivity index is 0.00000625. The van der Waals surface area contributed by atoms with E-state index < -0.39 is 6.04 Å². The van der Waals surface area contributed by atoms with Crippen LogP contribution < -0.4 is 21.1 Å². The molecule has 0 aliphatic heterocycles. The van der Waals surface area contributed by atoms with Crippen LogP contribution in [0.3, 0.4) is 0 Å². The second kappa shape index (κ2) is 12.5. The van der Waals surface area contributed by atoms with Crippen molar-refractivity contribution in [3.8, 4) is 5.75 Å². The van der Waals surface area contributed by atoms with Gasteiger partial charge in [-0.3, -0.25) is 9.59 Å². The fraction of sp³-hybridized carbons (Fsp3) is 0.579. The van der Waals surface area contributed by atoms with Crippen LogP contribution in [0.5, 0.6) is 5.75 Å². The fourth-order valence-electron chi connectivity index (χ4n) is 2.58. The summed E-state index contributed by atoms with van der Waals surface area (Å²) in [5, 5.41) is 5.78. The number of hydrogen-bond acceptors (Lipinski definition) is 4. The first-order valence-corrected chi connectivity index (χ1v) is 8.88. The lowest BCUT2D eigenvalue weighted by Crippen LogP contribution is -2.53. The van der Waals surface area contributed by atoms with E-state index in [1.807, 2.05) is 13.8 Å². The van der Waals surface area contributed by atoms with Gasteiger partial charge in [-0.05, 0) is 24.5 Å². The van der Waals surface area contributed by atoms with Gasteiger partial charge in [0.1, 0.15) is 11.8 Å². The van der Waals surface area contributed by atoms with Gasteiger partial charge in [-0.25, -0.2) is 0 Å². The van der Waals surface area contributed by atoms with E-state index in [0.717, 1.165) is 19.3 Å². The lowest BCUT2D eigenvalue weighted by atomic mass is 10.0. The number of benzene rings is 1. The van der Waals surface area contributed by atoms with Gasteiger partial charge in [-0.15, -0.1) is 12.4 Å². The van der Waals surface area contributed by atoms with Crippen LogP contribution in [0.1, 0.15) is 50.4 Å². The second-order valence-corrected chi connectivity index (χ2v) is 6.48. The van der Waals surface area contributed by atoms with Gasteiger partial charge in [0.15, 0.2) is 0 Å². The van der Waals surface area contributed by atoms with Crippen LogP contribution in [-0.2, 0) is 4.79 Å². The van der Waals surface area contributed by atoms with Crippen LogP contribution in [0.15, 0.2) is 24.3 Å². The topological polar surface area (TPSA) is 93.5 Å². The first-order valence-electron chi connectivity index (χ1n) is 8.88. The van der Waals surface area contributed by atoms with Crippen molar-refractivity contribution in [2.45, 2.75) is 52.1 Å². The first kappa shape index (κ1) is 24.2. The molecular formula is C19H32ClN3O3. The van der Waals surface area contributed by atoms with E-state index >= 15 is 0 Å². The predicted octanol–water partition coefficient (Wildman–Crippen LogP) is 2.51. The van der Waals surface area contributed by atoms with E-state index in [9.17, 15) is 9.59 Å². The number of amides is 2. The van der Waals surface area contributed by atoms with Crippen molar-refractivity contribution in [2.24, 2.45) is 11.7 Å². The molecule has 148 valence electrons. The smallest absolute Gasteiger partial charge is 0.255 e. The zero-order chi connectivity index (χ0) is 18.8. The molecule has 0 saturated carbocycles. The van der Waals surface area contributed by atoms with E-state index in [-0.39, 0.29) is 36.2 Å². The molecule has 2 unspecified atom stereocenters. The summed E-state index contributed by atoms with van der Waals surface area (Å²) in [6, 6.07) is 6.24. The van der Waals surface area contributed by atoms with Crippen LogP contribution in [-0.4, -0.2) is 37.6 Å². The highest BCUT2D eigenvalue weighted by Gasteiger charge is 2.27. The van der Waals surface area contributed by atoms with Gasteiger partial charge in [0.2, 0.25) is 5.91 Å². The zero-order valence-corrected chi connectivity index (χ0v) is 16.9. The highest BCUT2D eigenvalue weighted by Crippen LogP contribution is 2.17. The van der Waals surface area contributed by atoms with Gasteiger partial charge >= 0.3 is 0 Å². The monoisotopic (exact) mass is 385 g/mol. The van der Waals surface area contributed by atoms with Crippen LogP contribution >= 0.6 is 12.4 Å². The van der Waals surface area contributed by atoms with E-state index in [1.54, 1.807) is 24.3 Å². The lowest BCUT2D eigenvalue weighted by molar-refractivity contribution is -0.124. The average Bonchev–Trinajstić information content (AvgIpc) is 2.62. The summed E-state index contributed by atoms with van der Waals surface area (Å²) in [7, 11) is 1.51. The third kappa shape index (κ3) is 7.22. The van der Waals surface area contributed by atoms with Gasteiger partial charge < -0.3 is 21.1 Å². The Kier molecular flexibility index (Phi) is 11.7. The summed E-state index contributed by atoms with van der Waals surface area (Å²) in [6.07, 6.45) is 2.89. The Morgan fingerprint density at radius 2 is 1.85 bits per heavy atom. The maximum atomic E-state index is 12.6. The second-order valence-electron chi connectivity index (χ2n) is 6.48. The Labute approximate surface area is 162 Å². The van der Waals surface area contributed by atoms with Crippen LogP contribution in [0, 0.1) is 5.92 Å². The third-order valence-electron chi connectivity index (χ3n) is 4.12. The number of unbranched alkanes of at least 4 members (excludes halogenated alkanes) is 1. The van der Waals surface area contributed by atoms with Crippen LogP contribution in [0.4, 0.5) is 0 Å². The number of methoxy groups -OCH3 is 1. The summed E-state index contributed by atoms with van der Waals surface area (Å²) in [5.41, 5.74) is 6.16. The molecule has 0 spiro atoms. The predicted molar refractivity (Wildman–Crippen MR) is 107 cm³/mol. The van der Waals surface area contributed by atoms with Crippen molar-refractivity contribution in [3.63, 3.8) is 0 Å². The Morgan fingerprint density at radius 1 is 1.19 bits per heavy atom. The van der Waals surface area contributed by atoms with Gasteiger partial charge in [-0.1, -0.05) is 45.7 Å². The van der Waals surface area contributed by atoms with Gasteiger partial charge in [0.05, 0.1) is 12.7 Å². The summed E-state index contributed by atoms with van der Waals surface area (Å²) < 4.78 is 5.22. The molecule has 0 fully saturated rings. The van der Waals surface area contributed by atoms with Crippen molar-refractivity contribution >= 4 is 24.2 Å². The molecule has 0 aliphatic rings. The molecule has 2 atom stereocenters. The molecule has 1 aromatic rings. The lowest BCUT2D eigenvalue weighted by Gasteiger charge is -2.25. The molecule has 26 heavy (non-hydrogen) atoms. The third-order valence-corrected chi connectivity index (χ3v) is 4.12. The van der Waals surface area contributed by atoms with E-state index in [2.05, 4.69) is 17.6 Å². The minimum Gasteiger partial charge on any atom is -0.496 e. The molecule has 0 aliphatic carbocycles. The SMILES string of the molecule is CCCCC(CN)NC(=O)C(NC(=O)c1ccccc1OC)C(C)C.Cl. The molecule has 1 aromatic carbocycles. The molecule has 0 heterocycles. The van der Waals surface area contributed by atoms with Crippen molar-refractivity contribution in [3.05, 3.63) is 29.8 Å². The van der Waals surface area contributed by atoms with Crippen LogP contribution in [0.25, 0.3) is 0 Å². The molecule has 0 radical (unpaired) electrons.